The van der Waals surface area contributed by atoms with Crippen molar-refractivity contribution in [3.8, 4) is 0 Å². The Morgan fingerprint density at radius 1 is 1.11 bits per heavy atom. The minimum atomic E-state index is -0.629. The van der Waals surface area contributed by atoms with E-state index in [4.69, 9.17) is 4.42 Å². The van der Waals surface area contributed by atoms with Gasteiger partial charge in [-0.1, -0.05) is 44.2 Å². The van der Waals surface area contributed by atoms with Crippen molar-refractivity contribution in [2.24, 2.45) is 5.92 Å². The first-order valence-corrected chi connectivity index (χ1v) is 8.93. The molecule has 0 spiro atoms. The number of nitrogens with one attached hydrogen (secondary N) is 2. The number of hydrogen-bond acceptors (Lipinski definition) is 4. The lowest BCUT2D eigenvalue weighted by Gasteiger charge is -2.21. The average Bonchev–Trinajstić information content (AvgIpc) is 2.99. The van der Waals surface area contributed by atoms with E-state index in [1.807, 2.05) is 44.2 Å². The van der Waals surface area contributed by atoms with Crippen LogP contribution in [0.5, 0.6) is 0 Å². The van der Waals surface area contributed by atoms with Crippen LogP contribution in [0, 0.1) is 12.8 Å². The Morgan fingerprint density at radius 2 is 1.85 bits per heavy atom. The summed E-state index contributed by atoms with van der Waals surface area (Å²) in [7, 11) is 0. The molecule has 3 rings (SSSR count). The topological polar surface area (TPSA) is 84.2 Å². The van der Waals surface area contributed by atoms with Crippen molar-refractivity contribution in [3.05, 3.63) is 60.0 Å². The maximum absolute atomic E-state index is 12.7. The smallest absolute Gasteiger partial charge is 0.247 e. The zero-order valence-corrected chi connectivity index (χ0v) is 15.7. The number of nitrogens with zero attached hydrogens (tertiary/aromatic N) is 1. The number of carbonyl (C=O) groups is 2. The van der Waals surface area contributed by atoms with Crippen LogP contribution in [0.4, 0.5) is 5.69 Å². The van der Waals surface area contributed by atoms with Crippen LogP contribution in [0.25, 0.3) is 11.1 Å². The number of anilines is 1. The number of aryl methyl sites for hydroxylation is 1. The summed E-state index contributed by atoms with van der Waals surface area (Å²) in [6.45, 7) is 5.57. The van der Waals surface area contributed by atoms with Gasteiger partial charge in [-0.3, -0.25) is 9.59 Å². The Labute approximate surface area is 158 Å². The number of hydrogen-bond donors (Lipinski definition) is 2. The molecule has 1 heterocycles. The second-order valence-corrected chi connectivity index (χ2v) is 6.86. The highest BCUT2D eigenvalue weighted by atomic mass is 16.3. The fourth-order valence-electron chi connectivity index (χ4n) is 2.88. The molecule has 6 nitrogen and oxygen atoms in total. The second kappa shape index (κ2) is 8.03. The van der Waals surface area contributed by atoms with Gasteiger partial charge in [-0.25, -0.2) is 4.98 Å². The van der Waals surface area contributed by atoms with Gasteiger partial charge in [0.05, 0.1) is 6.42 Å². The molecular weight excluding hydrogens is 342 g/mol. The number of carbonyl (C=O) groups excluding carboxylic acids is 2. The molecule has 0 aliphatic carbocycles. The van der Waals surface area contributed by atoms with E-state index in [-0.39, 0.29) is 24.2 Å². The fourth-order valence-corrected chi connectivity index (χ4v) is 2.88. The van der Waals surface area contributed by atoms with Gasteiger partial charge in [-0.05, 0) is 29.7 Å². The first-order chi connectivity index (χ1) is 12.9. The van der Waals surface area contributed by atoms with Crippen molar-refractivity contribution < 1.29 is 14.0 Å². The fraction of sp³-hybridized carbons (Fsp3) is 0.286. The van der Waals surface area contributed by atoms with Crippen molar-refractivity contribution in [2.45, 2.75) is 33.2 Å². The van der Waals surface area contributed by atoms with Gasteiger partial charge >= 0.3 is 0 Å². The number of amides is 2. The molecule has 0 bridgehead atoms. The molecule has 2 N–H and O–H groups in total. The van der Waals surface area contributed by atoms with E-state index in [0.717, 1.165) is 5.56 Å². The van der Waals surface area contributed by atoms with Gasteiger partial charge in [-0.2, -0.15) is 0 Å². The molecule has 0 fully saturated rings. The normalized spacial score (nSPS) is 12.1. The van der Waals surface area contributed by atoms with Gasteiger partial charge in [0.1, 0.15) is 11.6 Å². The Morgan fingerprint density at radius 3 is 2.56 bits per heavy atom. The third kappa shape index (κ3) is 4.73. The molecule has 3 aromatic rings. The zero-order chi connectivity index (χ0) is 19.4. The summed E-state index contributed by atoms with van der Waals surface area (Å²) in [4.78, 5) is 29.3. The van der Waals surface area contributed by atoms with E-state index >= 15 is 0 Å². The number of rotatable bonds is 6. The second-order valence-electron chi connectivity index (χ2n) is 6.86. The zero-order valence-electron chi connectivity index (χ0n) is 15.7. The summed E-state index contributed by atoms with van der Waals surface area (Å²) in [5, 5.41) is 5.70. The molecule has 2 aromatic carbocycles. The number of oxazole rings is 1. The van der Waals surface area contributed by atoms with Gasteiger partial charge in [0, 0.05) is 12.6 Å². The van der Waals surface area contributed by atoms with Crippen molar-refractivity contribution in [1.82, 2.24) is 10.3 Å². The third-order valence-corrected chi connectivity index (χ3v) is 4.24. The molecule has 0 radical (unpaired) electrons. The van der Waals surface area contributed by atoms with Crippen molar-refractivity contribution in [2.75, 3.05) is 5.32 Å². The highest BCUT2D eigenvalue weighted by molar-refractivity contribution is 5.98. The predicted molar refractivity (Wildman–Crippen MR) is 104 cm³/mol. The SMILES string of the molecule is Cc1nc2cc(NC(=O)[C@@H](NC(=O)Cc3ccccc3)C(C)C)ccc2o1. The Balaban J connectivity index is 1.67. The highest BCUT2D eigenvalue weighted by Crippen LogP contribution is 2.20. The van der Waals surface area contributed by atoms with Gasteiger partial charge in [-0.15, -0.1) is 0 Å². The molecule has 0 aliphatic rings. The first-order valence-electron chi connectivity index (χ1n) is 8.93. The van der Waals surface area contributed by atoms with E-state index in [1.165, 1.54) is 0 Å². The molecule has 1 atom stereocenters. The lowest BCUT2D eigenvalue weighted by Crippen LogP contribution is -2.47. The minimum absolute atomic E-state index is 0.0530. The molecule has 140 valence electrons. The van der Waals surface area contributed by atoms with E-state index < -0.39 is 6.04 Å². The standard InChI is InChI=1S/C21H23N3O3/c1-13(2)20(24-19(25)11-15-7-5-4-6-8-15)21(26)23-16-9-10-18-17(12-16)22-14(3)27-18/h4-10,12-13,20H,11H2,1-3H3,(H,23,26)(H,24,25)/t20-/m0/s1. The molecule has 6 heteroatoms. The van der Waals surface area contributed by atoms with E-state index in [9.17, 15) is 9.59 Å². The molecule has 0 saturated carbocycles. The van der Waals surface area contributed by atoms with Crippen LogP contribution in [0.3, 0.4) is 0 Å². The maximum Gasteiger partial charge on any atom is 0.247 e. The third-order valence-electron chi connectivity index (χ3n) is 4.24. The van der Waals surface area contributed by atoms with E-state index in [1.54, 1.807) is 25.1 Å². The van der Waals surface area contributed by atoms with Crippen LogP contribution in [0.15, 0.2) is 52.9 Å². The summed E-state index contributed by atoms with van der Waals surface area (Å²) in [6, 6.07) is 14.1. The maximum atomic E-state index is 12.7. The van der Waals surface area contributed by atoms with Crippen LogP contribution in [-0.4, -0.2) is 22.8 Å². The van der Waals surface area contributed by atoms with Crippen LogP contribution >= 0.6 is 0 Å². The van der Waals surface area contributed by atoms with Gasteiger partial charge < -0.3 is 15.1 Å². The first kappa shape index (κ1) is 18.6. The van der Waals surface area contributed by atoms with Crippen molar-refractivity contribution in [1.29, 1.82) is 0 Å². The number of aromatic nitrogens is 1. The Bertz CT molecular complexity index is 948. The summed E-state index contributed by atoms with van der Waals surface area (Å²) < 4.78 is 5.44. The summed E-state index contributed by atoms with van der Waals surface area (Å²) in [5.74, 6) is 0.0769. The van der Waals surface area contributed by atoms with Crippen molar-refractivity contribution >= 4 is 28.6 Å². The molecule has 0 aliphatic heterocycles. The van der Waals surface area contributed by atoms with Gasteiger partial charge in [0.2, 0.25) is 11.8 Å². The van der Waals surface area contributed by atoms with E-state index in [0.29, 0.717) is 22.7 Å². The quantitative estimate of drug-likeness (QED) is 0.701. The Kier molecular flexibility index (Phi) is 5.54. The summed E-state index contributed by atoms with van der Waals surface area (Å²) in [6.07, 6.45) is 0.238. The number of fused-ring (bicyclic) bond motifs is 1. The minimum Gasteiger partial charge on any atom is -0.441 e. The van der Waals surface area contributed by atoms with Gasteiger partial charge in [0.25, 0.3) is 0 Å². The predicted octanol–water partition coefficient (Wildman–Crippen LogP) is 3.46. The monoisotopic (exact) mass is 365 g/mol. The molecule has 2 amide bonds. The van der Waals surface area contributed by atoms with E-state index in [2.05, 4.69) is 15.6 Å². The van der Waals surface area contributed by atoms with Crippen LogP contribution in [0.1, 0.15) is 25.3 Å². The van der Waals surface area contributed by atoms with Crippen molar-refractivity contribution in [3.63, 3.8) is 0 Å². The number of benzene rings is 2. The Hall–Kier alpha value is -3.15. The summed E-state index contributed by atoms with van der Waals surface area (Å²) in [5.41, 5.74) is 2.87. The van der Waals surface area contributed by atoms with Gasteiger partial charge in [0.15, 0.2) is 11.5 Å². The molecular formula is C21H23N3O3. The van der Waals surface area contributed by atoms with Crippen LogP contribution in [0.2, 0.25) is 0 Å². The molecule has 27 heavy (non-hydrogen) atoms. The molecule has 0 unspecified atom stereocenters. The molecule has 0 saturated heterocycles. The largest absolute Gasteiger partial charge is 0.441 e. The van der Waals surface area contributed by atoms with Crippen LogP contribution in [-0.2, 0) is 16.0 Å². The average molecular weight is 365 g/mol. The lowest BCUT2D eigenvalue weighted by molar-refractivity contribution is -0.127. The highest BCUT2D eigenvalue weighted by Gasteiger charge is 2.24. The van der Waals surface area contributed by atoms with Crippen LogP contribution < -0.4 is 10.6 Å². The molecule has 1 aromatic heterocycles. The lowest BCUT2D eigenvalue weighted by atomic mass is 10.0. The summed E-state index contributed by atoms with van der Waals surface area (Å²) >= 11 is 0.